The molecule has 0 aliphatic carbocycles. The van der Waals surface area contributed by atoms with E-state index in [0.717, 1.165) is 12.8 Å². The number of fused-ring (bicyclic) bond motifs is 1. The van der Waals surface area contributed by atoms with Gasteiger partial charge < -0.3 is 19.9 Å². The third-order valence-electron chi connectivity index (χ3n) is 6.22. The predicted octanol–water partition coefficient (Wildman–Crippen LogP) is 5.22. The lowest BCUT2D eigenvalue weighted by atomic mass is 10.0. The smallest absolute Gasteiger partial charge is 0.246 e. The summed E-state index contributed by atoms with van der Waals surface area (Å²) in [7, 11) is 0. The number of H-pyrrole nitrogens is 1. The van der Waals surface area contributed by atoms with Gasteiger partial charge in [0.05, 0.1) is 16.0 Å². The SMILES string of the molecule is C=CC(=O)N1CCCC1CNc1ncnc2[nH]cc(C(=O)c3ccc(Oc4ccccc4)cc3Cl)c12. The number of likely N-dealkylation sites (tertiary alicyclic amines) is 1. The van der Waals surface area contributed by atoms with Gasteiger partial charge in [-0.3, -0.25) is 9.59 Å². The van der Waals surface area contributed by atoms with Gasteiger partial charge in [0.2, 0.25) is 5.91 Å². The Kier molecular flexibility index (Phi) is 6.69. The van der Waals surface area contributed by atoms with Crippen LogP contribution in [0.3, 0.4) is 0 Å². The van der Waals surface area contributed by atoms with E-state index < -0.39 is 0 Å². The molecule has 2 N–H and O–H groups in total. The number of amides is 1. The number of benzene rings is 2. The first-order chi connectivity index (χ1) is 17.5. The summed E-state index contributed by atoms with van der Waals surface area (Å²) in [5.41, 5.74) is 1.27. The summed E-state index contributed by atoms with van der Waals surface area (Å²) >= 11 is 6.50. The third-order valence-corrected chi connectivity index (χ3v) is 6.53. The molecule has 1 fully saturated rings. The van der Waals surface area contributed by atoms with E-state index in [9.17, 15) is 9.59 Å². The van der Waals surface area contributed by atoms with Crippen molar-refractivity contribution in [3.05, 3.63) is 89.9 Å². The molecule has 0 saturated carbocycles. The van der Waals surface area contributed by atoms with E-state index >= 15 is 0 Å². The summed E-state index contributed by atoms with van der Waals surface area (Å²) in [6.45, 7) is 4.79. The summed E-state index contributed by atoms with van der Waals surface area (Å²) in [4.78, 5) is 39.2. The lowest BCUT2D eigenvalue weighted by molar-refractivity contribution is -0.126. The molecule has 1 aliphatic heterocycles. The molecule has 36 heavy (non-hydrogen) atoms. The average Bonchev–Trinajstić information content (AvgIpc) is 3.55. The van der Waals surface area contributed by atoms with Crippen molar-refractivity contribution in [3.63, 3.8) is 0 Å². The summed E-state index contributed by atoms with van der Waals surface area (Å²) < 4.78 is 5.82. The molecule has 9 heteroatoms. The molecule has 0 radical (unpaired) electrons. The molecule has 8 nitrogen and oxygen atoms in total. The Morgan fingerprint density at radius 2 is 2.00 bits per heavy atom. The number of carbonyl (C=O) groups excluding carboxylic acids is 2. The predicted molar refractivity (Wildman–Crippen MR) is 139 cm³/mol. The van der Waals surface area contributed by atoms with Gasteiger partial charge in [-0.2, -0.15) is 0 Å². The van der Waals surface area contributed by atoms with Crippen LogP contribution in [0.15, 0.2) is 73.7 Å². The fraction of sp³-hybridized carbons (Fsp3) is 0.185. The molecule has 2 aromatic carbocycles. The van der Waals surface area contributed by atoms with Crippen LogP contribution >= 0.6 is 11.6 Å². The number of carbonyl (C=O) groups is 2. The molecule has 0 spiro atoms. The quantitative estimate of drug-likeness (QED) is 0.253. The van der Waals surface area contributed by atoms with Gasteiger partial charge in [0.25, 0.3) is 0 Å². The van der Waals surface area contributed by atoms with Crippen molar-refractivity contribution >= 4 is 40.1 Å². The first-order valence-corrected chi connectivity index (χ1v) is 12.0. The fourth-order valence-corrected chi connectivity index (χ4v) is 4.72. The highest BCUT2D eigenvalue weighted by molar-refractivity contribution is 6.35. The zero-order valence-corrected chi connectivity index (χ0v) is 20.2. The third kappa shape index (κ3) is 4.67. The van der Waals surface area contributed by atoms with Crippen molar-refractivity contribution < 1.29 is 14.3 Å². The highest BCUT2D eigenvalue weighted by Crippen LogP contribution is 2.31. The minimum absolute atomic E-state index is 0.0187. The van der Waals surface area contributed by atoms with Crippen molar-refractivity contribution in [2.45, 2.75) is 18.9 Å². The number of hydrogen-bond acceptors (Lipinski definition) is 6. The van der Waals surface area contributed by atoms with Gasteiger partial charge in [0.15, 0.2) is 5.78 Å². The van der Waals surface area contributed by atoms with Crippen molar-refractivity contribution in [2.24, 2.45) is 0 Å². The normalized spacial score (nSPS) is 15.1. The highest BCUT2D eigenvalue weighted by atomic mass is 35.5. The van der Waals surface area contributed by atoms with Crippen molar-refractivity contribution in [2.75, 3.05) is 18.4 Å². The Morgan fingerprint density at radius 1 is 1.17 bits per heavy atom. The molecule has 5 rings (SSSR count). The molecule has 1 amide bonds. The van der Waals surface area contributed by atoms with E-state index in [1.165, 1.54) is 12.4 Å². The Hall–Kier alpha value is -4.17. The number of hydrogen-bond donors (Lipinski definition) is 2. The Morgan fingerprint density at radius 3 is 2.78 bits per heavy atom. The van der Waals surface area contributed by atoms with Gasteiger partial charge in [-0.15, -0.1) is 0 Å². The minimum atomic E-state index is -0.264. The largest absolute Gasteiger partial charge is 0.457 e. The Bertz CT molecular complexity index is 1440. The molecule has 182 valence electrons. The molecule has 0 bridgehead atoms. The van der Waals surface area contributed by atoms with Crippen molar-refractivity contribution in [1.29, 1.82) is 0 Å². The number of ketones is 1. The number of ether oxygens (including phenoxy) is 1. The van der Waals surface area contributed by atoms with E-state index in [1.54, 1.807) is 29.3 Å². The van der Waals surface area contributed by atoms with Gasteiger partial charge in [-0.25, -0.2) is 9.97 Å². The fourth-order valence-electron chi connectivity index (χ4n) is 4.46. The highest BCUT2D eigenvalue weighted by Gasteiger charge is 2.28. The summed E-state index contributed by atoms with van der Waals surface area (Å²) in [6, 6.07) is 14.3. The van der Waals surface area contributed by atoms with Crippen LogP contribution in [0.4, 0.5) is 5.82 Å². The van der Waals surface area contributed by atoms with Gasteiger partial charge in [0.1, 0.15) is 29.3 Å². The van der Waals surface area contributed by atoms with E-state index in [4.69, 9.17) is 16.3 Å². The zero-order valence-electron chi connectivity index (χ0n) is 19.4. The van der Waals surface area contributed by atoms with Crippen LogP contribution in [0.5, 0.6) is 11.5 Å². The number of aromatic nitrogens is 3. The molecular formula is C27H24ClN5O3. The minimum Gasteiger partial charge on any atom is -0.457 e. The van der Waals surface area contributed by atoms with Crippen molar-refractivity contribution in [1.82, 2.24) is 19.9 Å². The topological polar surface area (TPSA) is 100 Å². The molecule has 1 atom stereocenters. The summed E-state index contributed by atoms with van der Waals surface area (Å²) in [5.74, 6) is 1.37. The van der Waals surface area contributed by atoms with Crippen LogP contribution in [0, 0.1) is 0 Å². The van der Waals surface area contributed by atoms with Crippen LogP contribution in [-0.4, -0.2) is 50.7 Å². The monoisotopic (exact) mass is 501 g/mol. The second-order valence-corrected chi connectivity index (χ2v) is 8.85. The number of nitrogens with zero attached hydrogens (tertiary/aromatic N) is 3. The summed E-state index contributed by atoms with van der Waals surface area (Å²) in [5, 5.41) is 4.17. The van der Waals surface area contributed by atoms with Crippen molar-refractivity contribution in [3.8, 4) is 11.5 Å². The Balaban J connectivity index is 1.39. The van der Waals surface area contributed by atoms with E-state index in [-0.39, 0.29) is 22.8 Å². The number of para-hydroxylation sites is 1. The van der Waals surface area contributed by atoms with Crippen LogP contribution in [0.25, 0.3) is 11.0 Å². The van der Waals surface area contributed by atoms with E-state index in [2.05, 4.69) is 26.8 Å². The molecule has 4 aromatic rings. The maximum atomic E-state index is 13.5. The van der Waals surface area contributed by atoms with E-state index in [0.29, 0.717) is 52.6 Å². The maximum Gasteiger partial charge on any atom is 0.246 e. The Labute approximate surface area is 213 Å². The standard InChI is InChI=1S/C27H24ClN5O3/c1-2-23(34)33-12-6-7-17(33)14-29-26-24-21(15-30-27(24)32-16-31-26)25(35)20-11-10-19(13-22(20)28)36-18-8-4-3-5-9-18/h2-5,8-11,13,15-17H,1,6-7,12,14H2,(H2,29,30,31,32). The number of anilines is 1. The first-order valence-electron chi connectivity index (χ1n) is 11.6. The number of aromatic amines is 1. The van der Waals surface area contributed by atoms with Gasteiger partial charge >= 0.3 is 0 Å². The first kappa shape index (κ1) is 23.6. The summed E-state index contributed by atoms with van der Waals surface area (Å²) in [6.07, 6.45) is 6.19. The van der Waals surface area contributed by atoms with Crippen LogP contribution in [0.2, 0.25) is 5.02 Å². The lowest BCUT2D eigenvalue weighted by Gasteiger charge is -2.24. The zero-order chi connectivity index (χ0) is 25.1. The lowest BCUT2D eigenvalue weighted by Crippen LogP contribution is -2.38. The molecular weight excluding hydrogens is 478 g/mol. The van der Waals surface area contributed by atoms with Gasteiger partial charge in [-0.1, -0.05) is 36.4 Å². The van der Waals surface area contributed by atoms with E-state index in [1.807, 2.05) is 30.3 Å². The second kappa shape index (κ2) is 10.2. The molecule has 2 aromatic heterocycles. The molecule has 1 unspecified atom stereocenters. The number of nitrogens with one attached hydrogen (secondary N) is 2. The molecule has 3 heterocycles. The van der Waals surface area contributed by atoms with Crippen LogP contribution < -0.4 is 10.1 Å². The van der Waals surface area contributed by atoms with Gasteiger partial charge in [0, 0.05) is 37.0 Å². The second-order valence-electron chi connectivity index (χ2n) is 8.45. The number of halogens is 1. The van der Waals surface area contributed by atoms with Crippen LogP contribution in [0.1, 0.15) is 28.8 Å². The van der Waals surface area contributed by atoms with Crippen LogP contribution in [-0.2, 0) is 4.79 Å². The van der Waals surface area contributed by atoms with Gasteiger partial charge in [-0.05, 0) is 43.2 Å². The molecule has 1 saturated heterocycles. The maximum absolute atomic E-state index is 13.5. The number of rotatable bonds is 8. The molecule has 1 aliphatic rings. The average molecular weight is 502 g/mol.